The highest BCUT2D eigenvalue weighted by molar-refractivity contribution is 5.89. The van der Waals surface area contributed by atoms with E-state index >= 15 is 0 Å². The van der Waals surface area contributed by atoms with Crippen LogP contribution in [0.2, 0.25) is 0 Å². The Morgan fingerprint density at radius 2 is 2.13 bits per heavy atom. The van der Waals surface area contributed by atoms with E-state index in [1.807, 2.05) is 31.9 Å². The zero-order valence-electron chi connectivity index (χ0n) is 13.8. The van der Waals surface area contributed by atoms with Crippen molar-refractivity contribution in [1.29, 1.82) is 0 Å². The first-order chi connectivity index (χ1) is 9.90. The minimum Gasteiger partial charge on any atom is -0.378 e. The SMILES string of the molecule is CCOC1CC(N)(C(=O)N2CCn3ccnc3C2)C1(C)C.Cl.Cl. The van der Waals surface area contributed by atoms with E-state index in [1.54, 1.807) is 6.20 Å². The van der Waals surface area contributed by atoms with E-state index in [4.69, 9.17) is 10.5 Å². The number of imidazole rings is 1. The summed E-state index contributed by atoms with van der Waals surface area (Å²) < 4.78 is 7.79. The number of amides is 1. The average Bonchev–Trinajstić information content (AvgIpc) is 2.93. The molecule has 1 aromatic rings. The molecule has 0 saturated heterocycles. The van der Waals surface area contributed by atoms with Gasteiger partial charge in [0.2, 0.25) is 5.91 Å². The number of nitrogens with zero attached hydrogens (tertiary/aromatic N) is 3. The maximum atomic E-state index is 12.9. The van der Waals surface area contributed by atoms with Crippen LogP contribution in [-0.4, -0.2) is 45.2 Å². The molecule has 132 valence electrons. The Balaban J connectivity index is 0.00000132. The number of halogens is 2. The second-order valence-electron chi connectivity index (χ2n) is 6.60. The van der Waals surface area contributed by atoms with Gasteiger partial charge < -0.3 is 19.9 Å². The molecule has 8 heteroatoms. The van der Waals surface area contributed by atoms with Crippen LogP contribution in [0.25, 0.3) is 0 Å². The number of ether oxygens (including phenoxy) is 1. The fourth-order valence-corrected chi connectivity index (χ4v) is 3.43. The molecule has 2 aliphatic rings. The third-order valence-corrected chi connectivity index (χ3v) is 5.24. The Morgan fingerprint density at radius 3 is 2.74 bits per heavy atom. The summed E-state index contributed by atoms with van der Waals surface area (Å²) in [6.45, 7) is 8.70. The van der Waals surface area contributed by atoms with Gasteiger partial charge in [0.05, 0.1) is 12.6 Å². The summed E-state index contributed by atoms with van der Waals surface area (Å²) in [5, 5.41) is 0. The van der Waals surface area contributed by atoms with Crippen LogP contribution in [0.5, 0.6) is 0 Å². The molecule has 6 nitrogen and oxygen atoms in total. The first-order valence-corrected chi connectivity index (χ1v) is 7.60. The molecule has 0 spiro atoms. The maximum Gasteiger partial charge on any atom is 0.243 e. The van der Waals surface area contributed by atoms with E-state index in [9.17, 15) is 4.79 Å². The van der Waals surface area contributed by atoms with Crippen molar-refractivity contribution >= 4 is 30.7 Å². The van der Waals surface area contributed by atoms with Gasteiger partial charge in [-0.1, -0.05) is 13.8 Å². The normalized spacial score (nSPS) is 28.0. The fraction of sp³-hybridized carbons (Fsp3) is 0.733. The third-order valence-electron chi connectivity index (χ3n) is 5.24. The Kier molecular flexibility index (Phi) is 6.13. The summed E-state index contributed by atoms with van der Waals surface area (Å²) in [7, 11) is 0. The predicted molar refractivity (Wildman–Crippen MR) is 92.9 cm³/mol. The Bertz CT molecular complexity index is 563. The van der Waals surface area contributed by atoms with Crippen LogP contribution in [0.15, 0.2) is 12.4 Å². The molecule has 0 aromatic carbocycles. The van der Waals surface area contributed by atoms with Crippen molar-refractivity contribution in [3.8, 4) is 0 Å². The van der Waals surface area contributed by atoms with Crippen LogP contribution in [0.1, 0.15) is 33.0 Å². The van der Waals surface area contributed by atoms with Gasteiger partial charge in [0.1, 0.15) is 11.4 Å². The highest BCUT2D eigenvalue weighted by Crippen LogP contribution is 2.50. The van der Waals surface area contributed by atoms with Gasteiger partial charge in [0.15, 0.2) is 0 Å². The summed E-state index contributed by atoms with van der Waals surface area (Å²) in [6, 6.07) is 0. The van der Waals surface area contributed by atoms with Crippen LogP contribution in [0.4, 0.5) is 0 Å². The molecule has 2 heterocycles. The monoisotopic (exact) mass is 364 g/mol. The minimum atomic E-state index is -0.832. The molecule has 1 aliphatic carbocycles. The van der Waals surface area contributed by atoms with Crippen molar-refractivity contribution < 1.29 is 9.53 Å². The van der Waals surface area contributed by atoms with Crippen molar-refractivity contribution in [2.45, 2.75) is 51.9 Å². The summed E-state index contributed by atoms with van der Waals surface area (Å²) in [6.07, 6.45) is 4.38. The zero-order chi connectivity index (χ0) is 15.3. The maximum absolute atomic E-state index is 12.9. The van der Waals surface area contributed by atoms with Gasteiger partial charge in [0, 0.05) is 43.9 Å². The molecule has 1 fully saturated rings. The highest BCUT2D eigenvalue weighted by Gasteiger charge is 2.63. The third kappa shape index (κ3) is 2.97. The van der Waals surface area contributed by atoms with Crippen LogP contribution in [-0.2, 0) is 22.6 Å². The van der Waals surface area contributed by atoms with Crippen LogP contribution >= 0.6 is 24.8 Å². The van der Waals surface area contributed by atoms with E-state index in [-0.39, 0.29) is 42.2 Å². The van der Waals surface area contributed by atoms with Gasteiger partial charge in [-0.15, -0.1) is 24.8 Å². The van der Waals surface area contributed by atoms with E-state index in [0.717, 1.165) is 12.4 Å². The van der Waals surface area contributed by atoms with Crippen molar-refractivity contribution in [1.82, 2.24) is 14.5 Å². The smallest absolute Gasteiger partial charge is 0.243 e. The molecule has 1 aliphatic heterocycles. The number of carbonyl (C=O) groups excluding carboxylic acids is 1. The molecular formula is C15H26Cl2N4O2. The van der Waals surface area contributed by atoms with Gasteiger partial charge >= 0.3 is 0 Å². The molecule has 1 saturated carbocycles. The first-order valence-electron chi connectivity index (χ1n) is 7.60. The molecule has 23 heavy (non-hydrogen) atoms. The predicted octanol–water partition coefficient (Wildman–Crippen LogP) is 1.60. The molecule has 1 aromatic heterocycles. The van der Waals surface area contributed by atoms with Crippen molar-refractivity contribution in [2.75, 3.05) is 13.2 Å². The fourth-order valence-electron chi connectivity index (χ4n) is 3.43. The quantitative estimate of drug-likeness (QED) is 0.883. The summed E-state index contributed by atoms with van der Waals surface area (Å²) >= 11 is 0. The van der Waals surface area contributed by atoms with Gasteiger partial charge in [-0.25, -0.2) is 4.98 Å². The number of hydrogen-bond donors (Lipinski definition) is 1. The molecule has 1 amide bonds. The topological polar surface area (TPSA) is 73.4 Å². The van der Waals surface area contributed by atoms with Gasteiger partial charge in [-0.05, 0) is 6.92 Å². The van der Waals surface area contributed by atoms with Crippen molar-refractivity contribution in [2.24, 2.45) is 11.1 Å². The summed E-state index contributed by atoms with van der Waals surface area (Å²) in [5.41, 5.74) is 5.30. The van der Waals surface area contributed by atoms with Crippen LogP contribution in [0.3, 0.4) is 0 Å². The second kappa shape index (κ2) is 6.97. The van der Waals surface area contributed by atoms with Gasteiger partial charge in [-0.2, -0.15) is 0 Å². The average molecular weight is 365 g/mol. The minimum absolute atomic E-state index is 0. The molecule has 0 radical (unpaired) electrons. The Hall–Kier alpha value is -0.820. The lowest BCUT2D eigenvalue weighted by Crippen LogP contribution is -2.76. The van der Waals surface area contributed by atoms with Crippen LogP contribution in [0, 0.1) is 5.41 Å². The largest absolute Gasteiger partial charge is 0.378 e. The number of nitrogens with two attached hydrogens (primary N) is 1. The lowest BCUT2D eigenvalue weighted by molar-refractivity contribution is -0.180. The summed E-state index contributed by atoms with van der Waals surface area (Å²) in [4.78, 5) is 19.0. The van der Waals surface area contributed by atoms with E-state index in [0.29, 0.717) is 26.1 Å². The Morgan fingerprint density at radius 1 is 1.43 bits per heavy atom. The first kappa shape index (κ1) is 20.2. The molecule has 2 unspecified atom stereocenters. The molecule has 2 N–H and O–H groups in total. The van der Waals surface area contributed by atoms with E-state index < -0.39 is 5.54 Å². The van der Waals surface area contributed by atoms with E-state index in [2.05, 4.69) is 9.55 Å². The van der Waals surface area contributed by atoms with Gasteiger partial charge in [-0.3, -0.25) is 4.79 Å². The highest BCUT2D eigenvalue weighted by atomic mass is 35.5. The van der Waals surface area contributed by atoms with Gasteiger partial charge in [0.25, 0.3) is 0 Å². The molecule has 0 bridgehead atoms. The van der Waals surface area contributed by atoms with Crippen molar-refractivity contribution in [3.63, 3.8) is 0 Å². The van der Waals surface area contributed by atoms with Crippen LogP contribution < -0.4 is 5.73 Å². The number of hydrogen-bond acceptors (Lipinski definition) is 4. The number of fused-ring (bicyclic) bond motifs is 1. The lowest BCUT2D eigenvalue weighted by atomic mass is 9.54. The molecular weight excluding hydrogens is 339 g/mol. The lowest BCUT2D eigenvalue weighted by Gasteiger charge is -2.58. The van der Waals surface area contributed by atoms with Crippen molar-refractivity contribution in [3.05, 3.63) is 18.2 Å². The number of carbonyl (C=O) groups is 1. The Labute approximate surface area is 149 Å². The number of rotatable bonds is 3. The molecule has 2 atom stereocenters. The standard InChI is InChI=1S/C15H24N4O2.2ClH/c1-4-21-11-9-15(16,14(11,2)3)13(20)19-8-7-18-6-5-17-12(18)10-19;;/h5-6,11H,4,7-10,16H2,1-3H3;2*1H. The second-order valence-corrected chi connectivity index (χ2v) is 6.60. The number of aromatic nitrogens is 2. The van der Waals surface area contributed by atoms with E-state index in [1.165, 1.54) is 0 Å². The zero-order valence-corrected chi connectivity index (χ0v) is 15.5. The summed E-state index contributed by atoms with van der Waals surface area (Å²) in [5.74, 6) is 0.953. The molecule has 3 rings (SSSR count).